The molecule has 0 bridgehead atoms. The summed E-state index contributed by atoms with van der Waals surface area (Å²) in [5.74, 6) is -0.957. The van der Waals surface area contributed by atoms with Crippen LogP contribution in [0.25, 0.3) is 0 Å². The number of nitrogens with zero attached hydrogens (tertiary/aromatic N) is 1. The third kappa shape index (κ3) is 4.74. The Hall–Kier alpha value is -2.77. The number of hydrogen-bond donors (Lipinski definition) is 2. The highest BCUT2D eigenvalue weighted by Crippen LogP contribution is 2.36. The van der Waals surface area contributed by atoms with Gasteiger partial charge in [0, 0.05) is 18.8 Å². The minimum absolute atomic E-state index is 0.238. The molecule has 28 heavy (non-hydrogen) atoms. The number of aryl methyl sites for hydroxylation is 1. The second-order valence-electron chi connectivity index (χ2n) is 6.78. The zero-order valence-electron chi connectivity index (χ0n) is 15.4. The van der Waals surface area contributed by atoms with Crippen LogP contribution in [0.2, 0.25) is 0 Å². The van der Waals surface area contributed by atoms with Gasteiger partial charge in [-0.1, -0.05) is 6.07 Å². The van der Waals surface area contributed by atoms with Crippen molar-refractivity contribution >= 4 is 23.0 Å². The van der Waals surface area contributed by atoms with Gasteiger partial charge in [0.15, 0.2) is 0 Å². The van der Waals surface area contributed by atoms with Gasteiger partial charge in [-0.25, -0.2) is 4.39 Å². The summed E-state index contributed by atoms with van der Waals surface area (Å²) in [5.41, 5.74) is 1.13. The zero-order chi connectivity index (χ0) is 20.3. The Morgan fingerprint density at radius 3 is 2.46 bits per heavy atom. The second-order valence-corrected chi connectivity index (χ2v) is 6.78. The quantitative estimate of drug-likeness (QED) is 0.715. The van der Waals surface area contributed by atoms with Gasteiger partial charge in [-0.2, -0.15) is 13.2 Å². The third-order valence-corrected chi connectivity index (χ3v) is 4.68. The first-order valence-electron chi connectivity index (χ1n) is 9.00. The van der Waals surface area contributed by atoms with Gasteiger partial charge >= 0.3 is 6.18 Å². The lowest BCUT2D eigenvalue weighted by Gasteiger charge is -2.23. The van der Waals surface area contributed by atoms with Crippen molar-refractivity contribution in [1.29, 1.82) is 0 Å². The maximum Gasteiger partial charge on any atom is 0.416 e. The van der Waals surface area contributed by atoms with E-state index in [4.69, 9.17) is 0 Å². The fourth-order valence-corrected chi connectivity index (χ4v) is 3.19. The number of benzene rings is 2. The van der Waals surface area contributed by atoms with Crippen molar-refractivity contribution in [2.45, 2.75) is 25.9 Å². The van der Waals surface area contributed by atoms with Gasteiger partial charge in [0.05, 0.1) is 23.5 Å². The molecule has 0 atom stereocenters. The number of amides is 1. The highest BCUT2D eigenvalue weighted by Gasteiger charge is 2.31. The minimum atomic E-state index is -4.47. The lowest BCUT2D eigenvalue weighted by Crippen LogP contribution is -2.25. The van der Waals surface area contributed by atoms with E-state index >= 15 is 0 Å². The van der Waals surface area contributed by atoms with Crippen molar-refractivity contribution < 1.29 is 22.4 Å². The molecule has 0 spiro atoms. The maximum atomic E-state index is 13.4. The molecule has 8 heteroatoms. The largest absolute Gasteiger partial charge is 0.416 e. The predicted octanol–water partition coefficient (Wildman–Crippen LogP) is 4.80. The summed E-state index contributed by atoms with van der Waals surface area (Å²) >= 11 is 0. The minimum Gasteiger partial charge on any atom is -0.374 e. The number of hydrogen-bond acceptors (Lipinski definition) is 3. The standard InChI is InChI=1S/C20H21F4N3O/c1-13-4-6-15(21)11-16(13)26-19(28)12-25-17-10-14(20(22,23)24)5-7-18(17)27-8-2-3-9-27/h4-7,10-11,25H,2-3,8-9,12H2,1H3,(H,26,28). The fraction of sp³-hybridized carbons (Fsp3) is 0.350. The molecule has 0 aromatic heterocycles. The number of halogens is 4. The summed E-state index contributed by atoms with van der Waals surface area (Å²) in [4.78, 5) is 14.2. The van der Waals surface area contributed by atoms with E-state index in [1.807, 2.05) is 4.90 Å². The van der Waals surface area contributed by atoms with Gasteiger partial charge in [-0.3, -0.25) is 4.79 Å². The van der Waals surface area contributed by atoms with Crippen LogP contribution in [0.1, 0.15) is 24.0 Å². The van der Waals surface area contributed by atoms with E-state index in [-0.39, 0.29) is 12.2 Å². The molecule has 1 fully saturated rings. The molecule has 0 unspecified atom stereocenters. The summed E-state index contributed by atoms with van der Waals surface area (Å²) in [6, 6.07) is 7.53. The third-order valence-electron chi connectivity index (χ3n) is 4.68. The molecule has 0 saturated carbocycles. The van der Waals surface area contributed by atoms with Crippen molar-refractivity contribution in [3.63, 3.8) is 0 Å². The van der Waals surface area contributed by atoms with Gasteiger partial charge in [-0.15, -0.1) is 0 Å². The summed E-state index contributed by atoms with van der Waals surface area (Å²) < 4.78 is 52.6. The van der Waals surface area contributed by atoms with Gasteiger partial charge in [0.2, 0.25) is 5.91 Å². The lowest BCUT2D eigenvalue weighted by atomic mass is 10.1. The van der Waals surface area contributed by atoms with E-state index in [1.54, 1.807) is 6.92 Å². The normalized spacial score (nSPS) is 14.2. The Morgan fingerprint density at radius 1 is 1.07 bits per heavy atom. The number of anilines is 3. The van der Waals surface area contributed by atoms with E-state index in [9.17, 15) is 22.4 Å². The monoisotopic (exact) mass is 395 g/mol. The molecule has 1 aliphatic rings. The van der Waals surface area contributed by atoms with Gasteiger partial charge in [0.25, 0.3) is 0 Å². The molecular formula is C20H21F4N3O. The van der Waals surface area contributed by atoms with Crippen LogP contribution in [0, 0.1) is 12.7 Å². The molecule has 1 aliphatic heterocycles. The van der Waals surface area contributed by atoms with E-state index < -0.39 is 23.5 Å². The molecule has 2 N–H and O–H groups in total. The molecule has 4 nitrogen and oxygen atoms in total. The molecule has 1 saturated heterocycles. The van der Waals surface area contributed by atoms with E-state index in [1.165, 1.54) is 24.3 Å². The van der Waals surface area contributed by atoms with Crippen LogP contribution in [-0.4, -0.2) is 25.5 Å². The maximum absolute atomic E-state index is 13.4. The summed E-state index contributed by atoms with van der Waals surface area (Å²) in [5, 5.41) is 5.39. The van der Waals surface area contributed by atoms with Crippen molar-refractivity contribution in [3.8, 4) is 0 Å². The van der Waals surface area contributed by atoms with E-state index in [0.717, 1.165) is 38.1 Å². The first-order valence-corrected chi connectivity index (χ1v) is 9.00. The predicted molar refractivity (Wildman–Crippen MR) is 101 cm³/mol. The Balaban J connectivity index is 1.76. The topological polar surface area (TPSA) is 44.4 Å². The average molecular weight is 395 g/mol. The number of carbonyl (C=O) groups is 1. The van der Waals surface area contributed by atoms with Gasteiger partial charge < -0.3 is 15.5 Å². The zero-order valence-corrected chi connectivity index (χ0v) is 15.4. The van der Waals surface area contributed by atoms with Crippen molar-refractivity contribution in [1.82, 2.24) is 0 Å². The molecule has 0 aliphatic carbocycles. The highest BCUT2D eigenvalue weighted by atomic mass is 19.4. The highest BCUT2D eigenvalue weighted by molar-refractivity contribution is 5.95. The van der Waals surface area contributed by atoms with Crippen molar-refractivity contribution in [3.05, 3.63) is 53.3 Å². The Morgan fingerprint density at radius 2 is 1.79 bits per heavy atom. The number of alkyl halides is 3. The van der Waals surface area contributed by atoms with Crippen LogP contribution < -0.4 is 15.5 Å². The summed E-state index contributed by atoms with van der Waals surface area (Å²) in [6.45, 7) is 3.00. The molecule has 2 aromatic carbocycles. The lowest BCUT2D eigenvalue weighted by molar-refractivity contribution is -0.137. The van der Waals surface area contributed by atoms with Gasteiger partial charge in [0.1, 0.15) is 5.82 Å². The smallest absolute Gasteiger partial charge is 0.374 e. The number of nitrogens with one attached hydrogen (secondary N) is 2. The van der Waals surface area contributed by atoms with Crippen LogP contribution in [0.3, 0.4) is 0 Å². The van der Waals surface area contributed by atoms with E-state index in [2.05, 4.69) is 10.6 Å². The Bertz CT molecular complexity index is 861. The molecule has 1 heterocycles. The summed E-state index contributed by atoms with van der Waals surface area (Å²) in [7, 11) is 0. The molecule has 0 radical (unpaired) electrons. The SMILES string of the molecule is Cc1ccc(F)cc1NC(=O)CNc1cc(C(F)(F)F)ccc1N1CCCC1. The molecule has 3 rings (SSSR count). The fourth-order valence-electron chi connectivity index (χ4n) is 3.19. The average Bonchev–Trinajstić information content (AvgIpc) is 3.16. The van der Waals surface area contributed by atoms with E-state index in [0.29, 0.717) is 16.9 Å². The second kappa shape index (κ2) is 8.08. The first-order chi connectivity index (χ1) is 13.2. The Labute approximate surface area is 160 Å². The Kier molecular flexibility index (Phi) is 5.76. The number of carbonyl (C=O) groups excluding carboxylic acids is 1. The van der Waals surface area contributed by atoms with Crippen LogP contribution >= 0.6 is 0 Å². The first kappa shape index (κ1) is 20.0. The van der Waals surface area contributed by atoms with Crippen LogP contribution in [-0.2, 0) is 11.0 Å². The molecule has 2 aromatic rings. The van der Waals surface area contributed by atoms with Crippen molar-refractivity contribution in [2.24, 2.45) is 0 Å². The van der Waals surface area contributed by atoms with Crippen molar-refractivity contribution in [2.75, 3.05) is 35.2 Å². The van der Waals surface area contributed by atoms with Crippen LogP contribution in [0.4, 0.5) is 34.6 Å². The molecule has 1 amide bonds. The van der Waals surface area contributed by atoms with Gasteiger partial charge in [-0.05, 0) is 55.7 Å². The van der Waals surface area contributed by atoms with Crippen LogP contribution in [0.5, 0.6) is 0 Å². The molecule has 150 valence electrons. The molecular weight excluding hydrogens is 374 g/mol. The van der Waals surface area contributed by atoms with Crippen LogP contribution in [0.15, 0.2) is 36.4 Å². The summed E-state index contributed by atoms with van der Waals surface area (Å²) in [6.07, 6.45) is -2.53. The number of rotatable bonds is 5.